The molecule has 0 unspecified atom stereocenters. The van der Waals surface area contributed by atoms with Gasteiger partial charge in [-0.2, -0.15) is 0 Å². The van der Waals surface area contributed by atoms with E-state index in [1.54, 1.807) is 0 Å². The lowest BCUT2D eigenvalue weighted by Crippen LogP contribution is -1.82. The smallest absolute Gasteiger partial charge is 0.00719 e. The molecule has 1 aromatic carbocycles. The summed E-state index contributed by atoms with van der Waals surface area (Å²) in [4.78, 5) is 1.36. The Hall–Kier alpha value is -0.950. The maximum absolute atomic E-state index is 3.90. The summed E-state index contributed by atoms with van der Waals surface area (Å²) < 4.78 is 0. The maximum atomic E-state index is 3.90. The van der Waals surface area contributed by atoms with Gasteiger partial charge in [0.1, 0.15) is 0 Å². The van der Waals surface area contributed by atoms with E-state index in [0.717, 1.165) is 12.0 Å². The van der Waals surface area contributed by atoms with Gasteiger partial charge in [0, 0.05) is 4.90 Å². The van der Waals surface area contributed by atoms with Crippen LogP contribution < -0.4 is 0 Å². The van der Waals surface area contributed by atoms with E-state index in [0.29, 0.717) is 0 Å². The van der Waals surface area contributed by atoms with E-state index in [9.17, 15) is 0 Å². The average molecular weight is 218 g/mol. The van der Waals surface area contributed by atoms with Crippen LogP contribution in [0.3, 0.4) is 0 Å². The van der Waals surface area contributed by atoms with Crippen molar-refractivity contribution in [1.82, 2.24) is 0 Å². The highest BCUT2D eigenvalue weighted by Gasteiger charge is 1.93. The molecular formula is C14H18S. The molecule has 0 aliphatic rings. The predicted octanol–water partition coefficient (Wildman–Crippen LogP) is 4.69. The van der Waals surface area contributed by atoms with Crippen molar-refractivity contribution in [3.8, 4) is 0 Å². The predicted molar refractivity (Wildman–Crippen MR) is 70.4 cm³/mol. The molecule has 0 saturated carbocycles. The molecule has 0 amide bonds. The molecule has 1 rings (SSSR count). The number of allylic oxidation sites excluding steroid dienone is 2. The van der Waals surface area contributed by atoms with Crippen LogP contribution in [0.4, 0.5) is 0 Å². The standard InChI is InChI=1S/C14H18S/c1-3-13(2)9-7-8-12-15-14-10-5-4-6-11-14/h3-6,10-11H,1-2,7-9,12H2. The van der Waals surface area contributed by atoms with Crippen LogP contribution >= 0.6 is 11.8 Å². The van der Waals surface area contributed by atoms with Gasteiger partial charge >= 0.3 is 0 Å². The monoisotopic (exact) mass is 218 g/mol. The first-order valence-electron chi connectivity index (χ1n) is 5.31. The summed E-state index contributed by atoms with van der Waals surface area (Å²) in [5.74, 6) is 1.19. The van der Waals surface area contributed by atoms with E-state index in [4.69, 9.17) is 0 Å². The van der Waals surface area contributed by atoms with Gasteiger partial charge in [-0.25, -0.2) is 0 Å². The number of thioether (sulfide) groups is 1. The normalized spacial score (nSPS) is 9.87. The zero-order valence-electron chi connectivity index (χ0n) is 9.11. The summed E-state index contributed by atoms with van der Waals surface area (Å²) in [6.07, 6.45) is 5.39. The summed E-state index contributed by atoms with van der Waals surface area (Å²) in [7, 11) is 0. The Balaban J connectivity index is 2.07. The van der Waals surface area contributed by atoms with Crippen molar-refractivity contribution in [2.75, 3.05) is 5.75 Å². The number of hydrogen-bond donors (Lipinski definition) is 0. The van der Waals surface area contributed by atoms with Crippen LogP contribution in [0.5, 0.6) is 0 Å². The van der Waals surface area contributed by atoms with Crippen molar-refractivity contribution in [2.45, 2.75) is 24.2 Å². The summed E-state index contributed by atoms with van der Waals surface area (Å²) in [5.41, 5.74) is 1.15. The Kier molecular flexibility index (Phi) is 5.94. The summed E-state index contributed by atoms with van der Waals surface area (Å²) in [5, 5.41) is 0. The first kappa shape index (κ1) is 12.1. The molecule has 15 heavy (non-hydrogen) atoms. The van der Waals surface area contributed by atoms with Crippen LogP contribution in [0.25, 0.3) is 0 Å². The third-order valence-corrected chi connectivity index (χ3v) is 3.29. The Morgan fingerprint density at radius 1 is 1.20 bits per heavy atom. The SMILES string of the molecule is C=CC(=C)CCCCSc1ccccc1. The lowest BCUT2D eigenvalue weighted by molar-refractivity contribution is 0.807. The maximum Gasteiger partial charge on any atom is 0.00719 e. The van der Waals surface area contributed by atoms with Crippen LogP contribution in [0.15, 0.2) is 60.0 Å². The van der Waals surface area contributed by atoms with Crippen LogP contribution in [0.2, 0.25) is 0 Å². The molecule has 80 valence electrons. The highest BCUT2D eigenvalue weighted by atomic mass is 32.2. The minimum atomic E-state index is 1.08. The van der Waals surface area contributed by atoms with Gasteiger partial charge in [-0.15, -0.1) is 11.8 Å². The molecule has 0 radical (unpaired) electrons. The fraction of sp³-hybridized carbons (Fsp3) is 0.286. The van der Waals surface area contributed by atoms with Gasteiger partial charge in [-0.1, -0.05) is 43.0 Å². The van der Waals surface area contributed by atoms with E-state index in [1.807, 2.05) is 17.8 Å². The largest absolute Gasteiger partial charge is 0.126 e. The summed E-state index contributed by atoms with van der Waals surface area (Å²) in [6.45, 7) is 7.61. The minimum Gasteiger partial charge on any atom is -0.126 e. The van der Waals surface area contributed by atoms with E-state index in [2.05, 4.69) is 43.5 Å². The molecule has 0 aromatic heterocycles. The highest BCUT2D eigenvalue weighted by Crippen LogP contribution is 2.19. The zero-order chi connectivity index (χ0) is 10.9. The minimum absolute atomic E-state index is 1.08. The molecule has 0 saturated heterocycles. The van der Waals surface area contributed by atoms with Gasteiger partial charge in [-0.3, -0.25) is 0 Å². The molecule has 0 fully saturated rings. The quantitative estimate of drug-likeness (QED) is 0.363. The molecular weight excluding hydrogens is 200 g/mol. The van der Waals surface area contributed by atoms with E-state index in [-0.39, 0.29) is 0 Å². The number of hydrogen-bond acceptors (Lipinski definition) is 1. The summed E-state index contributed by atoms with van der Waals surface area (Å²) >= 11 is 1.92. The van der Waals surface area contributed by atoms with E-state index >= 15 is 0 Å². The Labute approximate surface area is 97.1 Å². The van der Waals surface area contributed by atoms with Crippen LogP contribution in [-0.4, -0.2) is 5.75 Å². The average Bonchev–Trinajstić information content (AvgIpc) is 2.29. The van der Waals surface area contributed by atoms with Gasteiger partial charge in [0.05, 0.1) is 0 Å². The topological polar surface area (TPSA) is 0 Å². The first-order chi connectivity index (χ1) is 7.33. The molecule has 0 N–H and O–H groups in total. The molecule has 1 aromatic rings. The second-order valence-corrected chi connectivity index (χ2v) is 4.65. The first-order valence-corrected chi connectivity index (χ1v) is 6.29. The Morgan fingerprint density at radius 2 is 1.93 bits per heavy atom. The van der Waals surface area contributed by atoms with Gasteiger partial charge in [0.2, 0.25) is 0 Å². The van der Waals surface area contributed by atoms with Crippen LogP contribution in [-0.2, 0) is 0 Å². The lowest BCUT2D eigenvalue weighted by Gasteiger charge is -2.01. The molecule has 0 atom stereocenters. The van der Waals surface area contributed by atoms with Gasteiger partial charge in [-0.05, 0) is 37.1 Å². The van der Waals surface area contributed by atoms with Crippen LogP contribution in [0, 0.1) is 0 Å². The molecule has 1 heteroatoms. The van der Waals surface area contributed by atoms with Crippen LogP contribution in [0.1, 0.15) is 19.3 Å². The molecule has 0 heterocycles. The molecule has 0 nitrogen and oxygen atoms in total. The number of unbranched alkanes of at least 4 members (excludes halogenated alkanes) is 1. The highest BCUT2D eigenvalue weighted by molar-refractivity contribution is 7.99. The fourth-order valence-electron chi connectivity index (χ4n) is 1.26. The Bertz CT molecular complexity index is 300. The molecule has 0 aliphatic heterocycles. The Morgan fingerprint density at radius 3 is 2.60 bits per heavy atom. The number of benzene rings is 1. The van der Waals surface area contributed by atoms with E-state index in [1.165, 1.54) is 23.5 Å². The zero-order valence-corrected chi connectivity index (χ0v) is 9.93. The second kappa shape index (κ2) is 7.36. The summed E-state index contributed by atoms with van der Waals surface area (Å²) in [6, 6.07) is 10.5. The van der Waals surface area contributed by atoms with Gasteiger partial charge in [0.25, 0.3) is 0 Å². The third-order valence-electron chi connectivity index (χ3n) is 2.19. The third kappa shape index (κ3) is 5.48. The number of rotatable bonds is 7. The van der Waals surface area contributed by atoms with E-state index < -0.39 is 0 Å². The van der Waals surface area contributed by atoms with Crippen molar-refractivity contribution in [1.29, 1.82) is 0 Å². The lowest BCUT2D eigenvalue weighted by atomic mass is 10.1. The molecule has 0 bridgehead atoms. The second-order valence-electron chi connectivity index (χ2n) is 3.48. The van der Waals surface area contributed by atoms with Crippen molar-refractivity contribution in [3.05, 3.63) is 55.1 Å². The van der Waals surface area contributed by atoms with Gasteiger partial charge < -0.3 is 0 Å². The molecule has 0 aliphatic carbocycles. The molecule has 0 spiro atoms. The van der Waals surface area contributed by atoms with Crippen molar-refractivity contribution < 1.29 is 0 Å². The fourth-order valence-corrected chi connectivity index (χ4v) is 2.20. The van der Waals surface area contributed by atoms with Crippen molar-refractivity contribution in [2.24, 2.45) is 0 Å². The van der Waals surface area contributed by atoms with Gasteiger partial charge in [0.15, 0.2) is 0 Å². The van der Waals surface area contributed by atoms with Crippen molar-refractivity contribution in [3.63, 3.8) is 0 Å². The van der Waals surface area contributed by atoms with Crippen molar-refractivity contribution >= 4 is 11.8 Å².